The summed E-state index contributed by atoms with van der Waals surface area (Å²) in [6, 6.07) is 1.18. The van der Waals surface area contributed by atoms with Gasteiger partial charge in [0.1, 0.15) is 11.2 Å². The van der Waals surface area contributed by atoms with E-state index in [2.05, 4.69) is 10.3 Å². The van der Waals surface area contributed by atoms with Crippen LogP contribution in [-0.2, 0) is 0 Å². The molecule has 1 saturated heterocycles. The lowest BCUT2D eigenvalue weighted by molar-refractivity contribution is -0.187. The zero-order chi connectivity index (χ0) is 13.2. The topological polar surface area (TPSA) is 28.2 Å². The van der Waals surface area contributed by atoms with Crippen LogP contribution in [0.2, 0.25) is 5.15 Å². The van der Waals surface area contributed by atoms with Gasteiger partial charge < -0.3 is 5.32 Å². The van der Waals surface area contributed by atoms with E-state index in [9.17, 15) is 13.2 Å². The van der Waals surface area contributed by atoms with Gasteiger partial charge in [0.2, 0.25) is 0 Å². The Morgan fingerprint density at radius 1 is 1.25 bits per heavy atom. The summed E-state index contributed by atoms with van der Waals surface area (Å²) in [6.07, 6.45) is -2.97. The van der Waals surface area contributed by atoms with E-state index in [0.29, 0.717) is 26.2 Å². The van der Waals surface area contributed by atoms with E-state index < -0.39 is 12.2 Å². The number of rotatable bonds is 2. The Labute approximate surface area is 132 Å². The fourth-order valence-corrected chi connectivity index (χ4v) is 2.35. The van der Waals surface area contributed by atoms with Gasteiger partial charge in [-0.3, -0.25) is 4.90 Å². The Bertz CT molecular complexity index is 411. The maximum Gasteiger partial charge on any atom is 0.408 e. The molecule has 2 rings (SSSR count). The molecule has 20 heavy (non-hydrogen) atoms. The van der Waals surface area contributed by atoms with Crippen LogP contribution in [0.4, 0.5) is 13.2 Å². The normalized spacial score (nSPS) is 17.8. The number of halogens is 6. The number of nitrogens with zero attached hydrogens (tertiary/aromatic N) is 2. The van der Waals surface area contributed by atoms with Gasteiger partial charge in [-0.1, -0.05) is 17.7 Å². The molecule has 1 aliphatic rings. The maximum absolute atomic E-state index is 13.2. The number of aromatic nitrogens is 1. The van der Waals surface area contributed by atoms with Crippen LogP contribution in [0, 0.1) is 0 Å². The quantitative estimate of drug-likeness (QED) is 0.829. The van der Waals surface area contributed by atoms with Gasteiger partial charge in [0, 0.05) is 37.9 Å². The minimum absolute atomic E-state index is 0. The second-order valence-corrected chi connectivity index (χ2v) is 4.47. The molecule has 116 valence electrons. The maximum atomic E-state index is 13.2. The molecule has 3 nitrogen and oxygen atoms in total. The first-order valence-electron chi connectivity index (χ1n) is 5.62. The number of piperazine rings is 1. The highest BCUT2D eigenvalue weighted by Crippen LogP contribution is 2.39. The average molecular weight is 353 g/mol. The van der Waals surface area contributed by atoms with E-state index in [1.54, 1.807) is 0 Å². The van der Waals surface area contributed by atoms with Crippen LogP contribution in [0.25, 0.3) is 0 Å². The summed E-state index contributed by atoms with van der Waals surface area (Å²) in [4.78, 5) is 5.12. The molecule has 0 saturated carbocycles. The van der Waals surface area contributed by atoms with Crippen molar-refractivity contribution in [1.29, 1.82) is 0 Å². The predicted molar refractivity (Wildman–Crippen MR) is 77.0 cm³/mol. The van der Waals surface area contributed by atoms with Gasteiger partial charge in [-0.2, -0.15) is 13.2 Å². The van der Waals surface area contributed by atoms with Crippen molar-refractivity contribution in [2.45, 2.75) is 12.2 Å². The van der Waals surface area contributed by atoms with Gasteiger partial charge >= 0.3 is 6.18 Å². The highest BCUT2D eigenvalue weighted by Gasteiger charge is 2.45. The third kappa shape index (κ3) is 4.63. The first-order chi connectivity index (χ1) is 8.50. The Balaban J connectivity index is 0.00000180. The highest BCUT2D eigenvalue weighted by molar-refractivity contribution is 6.30. The van der Waals surface area contributed by atoms with Crippen molar-refractivity contribution in [3.05, 3.63) is 29.0 Å². The van der Waals surface area contributed by atoms with Crippen molar-refractivity contribution in [2.24, 2.45) is 0 Å². The van der Waals surface area contributed by atoms with Crippen LogP contribution in [0.15, 0.2) is 18.3 Å². The predicted octanol–water partition coefficient (Wildman–Crippen LogP) is 3.09. The lowest BCUT2D eigenvalue weighted by Gasteiger charge is -2.36. The Hall–Kier alpha value is -0.270. The number of alkyl halides is 3. The average Bonchev–Trinajstić information content (AvgIpc) is 2.32. The van der Waals surface area contributed by atoms with Crippen molar-refractivity contribution in [3.8, 4) is 0 Å². The molecule has 1 aromatic heterocycles. The van der Waals surface area contributed by atoms with Gasteiger partial charge in [-0.05, 0) is 6.07 Å². The molecule has 9 heteroatoms. The van der Waals surface area contributed by atoms with Crippen molar-refractivity contribution in [2.75, 3.05) is 26.2 Å². The summed E-state index contributed by atoms with van der Waals surface area (Å²) < 4.78 is 39.7. The largest absolute Gasteiger partial charge is 0.408 e. The minimum Gasteiger partial charge on any atom is -0.314 e. The van der Waals surface area contributed by atoms with E-state index in [0.717, 1.165) is 0 Å². The second-order valence-electron chi connectivity index (χ2n) is 4.11. The number of hydrogen-bond donors (Lipinski definition) is 1. The van der Waals surface area contributed by atoms with Crippen LogP contribution in [0.5, 0.6) is 0 Å². The fourth-order valence-electron chi connectivity index (χ4n) is 2.12. The molecule has 0 aromatic carbocycles. The van der Waals surface area contributed by atoms with E-state index in [-0.39, 0.29) is 35.5 Å². The van der Waals surface area contributed by atoms with Gasteiger partial charge in [-0.25, -0.2) is 4.98 Å². The van der Waals surface area contributed by atoms with E-state index in [1.807, 2.05) is 0 Å². The van der Waals surface area contributed by atoms with Crippen LogP contribution in [0.3, 0.4) is 0 Å². The zero-order valence-electron chi connectivity index (χ0n) is 10.4. The second kappa shape index (κ2) is 8.24. The van der Waals surface area contributed by atoms with E-state index >= 15 is 0 Å². The molecule has 1 atom stereocenters. The third-order valence-electron chi connectivity index (χ3n) is 2.91. The first kappa shape index (κ1) is 19.7. The summed E-state index contributed by atoms with van der Waals surface area (Å²) >= 11 is 5.79. The molecular formula is C11H15Cl3F3N3. The summed E-state index contributed by atoms with van der Waals surface area (Å²) in [5.41, 5.74) is 0.0218. The Morgan fingerprint density at radius 3 is 2.35 bits per heavy atom. The summed E-state index contributed by atoms with van der Waals surface area (Å²) in [6.45, 7) is 1.78. The molecule has 0 radical (unpaired) electrons. The smallest absolute Gasteiger partial charge is 0.314 e. The van der Waals surface area contributed by atoms with Gasteiger partial charge in [0.15, 0.2) is 0 Å². The molecule has 1 aromatic rings. The SMILES string of the molecule is Cl.Cl.FC(F)(F)[C@H](c1cccnc1Cl)N1CCNCC1. The van der Waals surface area contributed by atoms with Crippen LogP contribution >= 0.6 is 36.4 Å². The number of hydrogen-bond acceptors (Lipinski definition) is 3. The number of pyridine rings is 1. The Morgan fingerprint density at radius 2 is 1.85 bits per heavy atom. The van der Waals surface area contributed by atoms with Crippen molar-refractivity contribution >= 4 is 36.4 Å². The van der Waals surface area contributed by atoms with Gasteiger partial charge in [0.05, 0.1) is 0 Å². The fraction of sp³-hybridized carbons (Fsp3) is 0.545. The molecule has 1 aliphatic heterocycles. The molecule has 1 fully saturated rings. The van der Waals surface area contributed by atoms with Gasteiger partial charge in [0.25, 0.3) is 0 Å². The van der Waals surface area contributed by atoms with Crippen molar-refractivity contribution in [1.82, 2.24) is 15.2 Å². The van der Waals surface area contributed by atoms with Crippen LogP contribution < -0.4 is 5.32 Å². The molecule has 0 aliphatic carbocycles. The lowest BCUT2D eigenvalue weighted by Crippen LogP contribution is -2.49. The molecule has 0 unspecified atom stereocenters. The molecule has 0 amide bonds. The first-order valence-corrected chi connectivity index (χ1v) is 6.00. The molecule has 1 N–H and O–H groups in total. The summed E-state index contributed by atoms with van der Waals surface area (Å²) in [5.74, 6) is 0. The third-order valence-corrected chi connectivity index (χ3v) is 3.23. The van der Waals surface area contributed by atoms with Crippen molar-refractivity contribution in [3.63, 3.8) is 0 Å². The zero-order valence-corrected chi connectivity index (χ0v) is 12.7. The van der Waals surface area contributed by atoms with Crippen LogP contribution in [0.1, 0.15) is 11.6 Å². The molecule has 0 bridgehead atoms. The standard InChI is InChI=1S/C11H13ClF3N3.2ClH/c12-10-8(2-1-3-17-10)9(11(13,14)15)18-6-4-16-5-7-18;;/h1-3,9,16H,4-7H2;2*1H/t9-;;/m0../s1. The van der Waals surface area contributed by atoms with Gasteiger partial charge in [-0.15, -0.1) is 24.8 Å². The monoisotopic (exact) mass is 351 g/mol. The summed E-state index contributed by atoms with van der Waals surface area (Å²) in [5, 5.41) is 2.94. The number of nitrogens with one attached hydrogen (secondary N) is 1. The molecule has 0 spiro atoms. The summed E-state index contributed by atoms with van der Waals surface area (Å²) in [7, 11) is 0. The molecular weight excluding hydrogens is 337 g/mol. The van der Waals surface area contributed by atoms with E-state index in [4.69, 9.17) is 11.6 Å². The minimum atomic E-state index is -4.36. The van der Waals surface area contributed by atoms with E-state index in [1.165, 1.54) is 23.2 Å². The Kier molecular flexibility index (Phi) is 8.13. The van der Waals surface area contributed by atoms with Crippen LogP contribution in [-0.4, -0.2) is 42.2 Å². The highest BCUT2D eigenvalue weighted by atomic mass is 35.5. The van der Waals surface area contributed by atoms with Crippen molar-refractivity contribution < 1.29 is 13.2 Å². The molecule has 2 heterocycles. The lowest BCUT2D eigenvalue weighted by atomic mass is 10.1.